The SMILES string of the molecule is CC1(NC(=S)Nc2cccc(F)c2)CCCCC1. The molecule has 0 radical (unpaired) electrons. The van der Waals surface area contributed by atoms with E-state index in [2.05, 4.69) is 17.6 Å². The van der Waals surface area contributed by atoms with Crippen LogP contribution in [-0.4, -0.2) is 10.7 Å². The fraction of sp³-hybridized carbons (Fsp3) is 0.500. The van der Waals surface area contributed by atoms with Crippen molar-refractivity contribution in [3.8, 4) is 0 Å². The first-order valence-electron chi connectivity index (χ1n) is 6.42. The average molecular weight is 266 g/mol. The zero-order valence-corrected chi connectivity index (χ0v) is 11.4. The Kier molecular flexibility index (Phi) is 4.17. The highest BCUT2D eigenvalue weighted by atomic mass is 32.1. The van der Waals surface area contributed by atoms with Crippen LogP contribution in [0.25, 0.3) is 0 Å². The highest BCUT2D eigenvalue weighted by Crippen LogP contribution is 2.27. The van der Waals surface area contributed by atoms with E-state index in [1.807, 2.05) is 0 Å². The Morgan fingerprint density at radius 1 is 1.28 bits per heavy atom. The predicted molar refractivity (Wildman–Crippen MR) is 77.2 cm³/mol. The quantitative estimate of drug-likeness (QED) is 0.795. The average Bonchev–Trinajstić information content (AvgIpc) is 2.28. The van der Waals surface area contributed by atoms with Crippen molar-refractivity contribution in [3.05, 3.63) is 30.1 Å². The van der Waals surface area contributed by atoms with Gasteiger partial charge in [-0.3, -0.25) is 0 Å². The first-order valence-corrected chi connectivity index (χ1v) is 6.83. The molecule has 1 aliphatic carbocycles. The third-order valence-electron chi connectivity index (χ3n) is 3.45. The zero-order chi connectivity index (χ0) is 13.0. The monoisotopic (exact) mass is 266 g/mol. The lowest BCUT2D eigenvalue weighted by molar-refractivity contribution is 0.292. The predicted octanol–water partition coefficient (Wildman–Crippen LogP) is 3.83. The van der Waals surface area contributed by atoms with Crippen molar-refractivity contribution in [2.75, 3.05) is 5.32 Å². The Morgan fingerprint density at radius 2 is 2.00 bits per heavy atom. The Balaban J connectivity index is 1.92. The van der Waals surface area contributed by atoms with E-state index in [1.54, 1.807) is 12.1 Å². The summed E-state index contributed by atoms with van der Waals surface area (Å²) in [6.07, 6.45) is 6.06. The highest BCUT2D eigenvalue weighted by molar-refractivity contribution is 7.80. The van der Waals surface area contributed by atoms with Crippen LogP contribution >= 0.6 is 12.2 Å². The summed E-state index contributed by atoms with van der Waals surface area (Å²) in [6, 6.07) is 6.34. The van der Waals surface area contributed by atoms with Gasteiger partial charge < -0.3 is 10.6 Å². The minimum Gasteiger partial charge on any atom is -0.357 e. The van der Waals surface area contributed by atoms with Crippen LogP contribution in [0.4, 0.5) is 10.1 Å². The van der Waals surface area contributed by atoms with Crippen LogP contribution in [0.15, 0.2) is 24.3 Å². The number of benzene rings is 1. The number of hydrogen-bond donors (Lipinski definition) is 2. The molecule has 0 aromatic heterocycles. The zero-order valence-electron chi connectivity index (χ0n) is 10.6. The largest absolute Gasteiger partial charge is 0.357 e. The van der Waals surface area contributed by atoms with Gasteiger partial charge >= 0.3 is 0 Å². The third-order valence-corrected chi connectivity index (χ3v) is 3.66. The minimum absolute atomic E-state index is 0.0790. The second kappa shape index (κ2) is 5.65. The molecule has 0 amide bonds. The molecule has 2 nitrogen and oxygen atoms in total. The van der Waals surface area contributed by atoms with E-state index >= 15 is 0 Å². The van der Waals surface area contributed by atoms with Gasteiger partial charge in [0.25, 0.3) is 0 Å². The molecule has 18 heavy (non-hydrogen) atoms. The van der Waals surface area contributed by atoms with Crippen LogP contribution in [0.2, 0.25) is 0 Å². The van der Waals surface area contributed by atoms with Crippen molar-refractivity contribution in [2.45, 2.75) is 44.6 Å². The third kappa shape index (κ3) is 3.67. The lowest BCUT2D eigenvalue weighted by Gasteiger charge is -2.35. The smallest absolute Gasteiger partial charge is 0.171 e. The van der Waals surface area contributed by atoms with Crippen molar-refractivity contribution in [3.63, 3.8) is 0 Å². The molecular formula is C14H19FN2S. The van der Waals surface area contributed by atoms with Gasteiger partial charge in [-0.1, -0.05) is 25.3 Å². The lowest BCUT2D eigenvalue weighted by atomic mass is 9.83. The van der Waals surface area contributed by atoms with Crippen LogP contribution in [0.3, 0.4) is 0 Å². The summed E-state index contributed by atoms with van der Waals surface area (Å²) in [5.74, 6) is -0.258. The Morgan fingerprint density at radius 3 is 2.67 bits per heavy atom. The minimum atomic E-state index is -0.258. The van der Waals surface area contributed by atoms with Gasteiger partial charge in [0, 0.05) is 11.2 Å². The van der Waals surface area contributed by atoms with Crippen LogP contribution < -0.4 is 10.6 Å². The Labute approximate surface area is 113 Å². The maximum atomic E-state index is 13.0. The maximum absolute atomic E-state index is 13.0. The van der Waals surface area contributed by atoms with E-state index in [0.29, 0.717) is 10.8 Å². The maximum Gasteiger partial charge on any atom is 0.171 e. The molecule has 98 valence electrons. The summed E-state index contributed by atoms with van der Waals surface area (Å²) >= 11 is 5.29. The normalized spacial score (nSPS) is 18.1. The molecule has 4 heteroatoms. The Hall–Kier alpha value is -1.16. The number of nitrogens with one attached hydrogen (secondary N) is 2. The number of anilines is 1. The number of rotatable bonds is 2. The van der Waals surface area contributed by atoms with E-state index in [4.69, 9.17) is 12.2 Å². The molecule has 1 aromatic rings. The van der Waals surface area contributed by atoms with Gasteiger partial charge in [-0.15, -0.1) is 0 Å². The lowest BCUT2D eigenvalue weighted by Crippen LogP contribution is -2.48. The molecule has 0 heterocycles. The van der Waals surface area contributed by atoms with Crippen LogP contribution in [-0.2, 0) is 0 Å². The first-order chi connectivity index (χ1) is 8.57. The molecule has 0 saturated heterocycles. The fourth-order valence-corrected chi connectivity index (χ4v) is 2.82. The molecule has 0 aliphatic heterocycles. The second-order valence-corrected chi connectivity index (χ2v) is 5.62. The van der Waals surface area contributed by atoms with Crippen molar-refractivity contribution in [1.82, 2.24) is 5.32 Å². The van der Waals surface area contributed by atoms with E-state index in [1.165, 1.54) is 31.4 Å². The van der Waals surface area contributed by atoms with Crippen LogP contribution in [0, 0.1) is 5.82 Å². The second-order valence-electron chi connectivity index (χ2n) is 5.21. The molecule has 0 spiro atoms. The topological polar surface area (TPSA) is 24.1 Å². The van der Waals surface area contributed by atoms with Gasteiger partial charge in [0.2, 0.25) is 0 Å². The van der Waals surface area contributed by atoms with Crippen molar-refractivity contribution < 1.29 is 4.39 Å². The van der Waals surface area contributed by atoms with Crippen molar-refractivity contribution >= 4 is 23.0 Å². The van der Waals surface area contributed by atoms with E-state index in [-0.39, 0.29) is 11.4 Å². The molecule has 2 N–H and O–H groups in total. The molecule has 1 saturated carbocycles. The molecule has 0 bridgehead atoms. The van der Waals surface area contributed by atoms with E-state index in [9.17, 15) is 4.39 Å². The van der Waals surface area contributed by atoms with Gasteiger partial charge in [-0.2, -0.15) is 0 Å². The van der Waals surface area contributed by atoms with E-state index in [0.717, 1.165) is 12.8 Å². The van der Waals surface area contributed by atoms with Crippen molar-refractivity contribution in [2.24, 2.45) is 0 Å². The first kappa shape index (κ1) is 13.3. The summed E-state index contributed by atoms with van der Waals surface area (Å²) < 4.78 is 13.0. The summed E-state index contributed by atoms with van der Waals surface area (Å²) in [5.41, 5.74) is 0.766. The fourth-order valence-electron chi connectivity index (χ4n) is 2.46. The molecular weight excluding hydrogens is 247 g/mol. The standard InChI is InChI=1S/C14H19FN2S/c1-14(8-3-2-4-9-14)17-13(18)16-12-7-5-6-11(15)10-12/h5-7,10H,2-4,8-9H2,1H3,(H2,16,17,18). The summed E-state index contributed by atoms with van der Waals surface area (Å²) in [4.78, 5) is 0. The number of thiocarbonyl (C=S) groups is 1. The number of halogens is 1. The van der Waals surface area contributed by atoms with Crippen molar-refractivity contribution in [1.29, 1.82) is 0 Å². The summed E-state index contributed by atoms with van der Waals surface area (Å²) in [7, 11) is 0. The summed E-state index contributed by atoms with van der Waals surface area (Å²) in [5, 5.41) is 6.97. The molecule has 2 rings (SSSR count). The van der Waals surface area contributed by atoms with Gasteiger partial charge in [-0.25, -0.2) is 4.39 Å². The van der Waals surface area contributed by atoms with Crippen LogP contribution in [0.5, 0.6) is 0 Å². The number of hydrogen-bond acceptors (Lipinski definition) is 1. The van der Waals surface area contributed by atoms with Gasteiger partial charge in [0.15, 0.2) is 5.11 Å². The van der Waals surface area contributed by atoms with Crippen LogP contribution in [0.1, 0.15) is 39.0 Å². The molecule has 1 aliphatic rings. The van der Waals surface area contributed by atoms with Gasteiger partial charge in [0.1, 0.15) is 5.82 Å². The van der Waals surface area contributed by atoms with Gasteiger partial charge in [-0.05, 0) is 50.2 Å². The Bertz CT molecular complexity index is 428. The molecule has 0 unspecified atom stereocenters. The molecule has 1 aromatic carbocycles. The van der Waals surface area contributed by atoms with E-state index < -0.39 is 0 Å². The van der Waals surface area contributed by atoms with Gasteiger partial charge in [0.05, 0.1) is 0 Å². The summed E-state index contributed by atoms with van der Waals surface area (Å²) in [6.45, 7) is 2.20. The molecule has 0 atom stereocenters. The highest BCUT2D eigenvalue weighted by Gasteiger charge is 2.27. The molecule has 1 fully saturated rings.